The normalized spacial score (nSPS) is 17.3. The Bertz CT molecular complexity index is 855. The Balaban J connectivity index is 1.60. The lowest BCUT2D eigenvalue weighted by molar-refractivity contribution is 0.215. The minimum absolute atomic E-state index is 0.169. The number of carbonyl (C=O) groups is 1. The van der Waals surface area contributed by atoms with Gasteiger partial charge in [0.05, 0.1) is 0 Å². The molecule has 1 saturated carbocycles. The first-order valence-corrected chi connectivity index (χ1v) is 8.52. The zero-order chi connectivity index (χ0) is 17.4. The van der Waals surface area contributed by atoms with E-state index in [1.54, 1.807) is 24.3 Å². The van der Waals surface area contributed by atoms with Crippen LogP contribution in [0.4, 0.5) is 20.6 Å². The average molecular weight is 338 g/mol. The number of amides is 1. The zero-order valence-electron chi connectivity index (χ0n) is 14.0. The van der Waals surface area contributed by atoms with Gasteiger partial charge in [0.15, 0.2) is 5.82 Å². The molecule has 2 aromatic rings. The first-order chi connectivity index (χ1) is 12.1. The van der Waals surface area contributed by atoms with Crippen LogP contribution in [0, 0.1) is 5.82 Å². The molecule has 2 aromatic carbocycles. The molecule has 0 bridgehead atoms. The molecule has 1 heterocycles. The molecule has 0 saturated heterocycles. The van der Waals surface area contributed by atoms with Crippen molar-refractivity contribution in [2.45, 2.75) is 38.0 Å². The Morgan fingerprint density at radius 3 is 2.64 bits per heavy atom. The van der Waals surface area contributed by atoms with Crippen molar-refractivity contribution in [1.29, 1.82) is 0 Å². The van der Waals surface area contributed by atoms with Crippen LogP contribution in [0.25, 0.3) is 0 Å². The van der Waals surface area contributed by atoms with E-state index in [1.807, 2.05) is 19.1 Å². The minimum atomic E-state index is -0.637. The topological polar surface area (TPSA) is 50.7 Å². The number of hydrogen-bond donors (Lipinski definition) is 1. The van der Waals surface area contributed by atoms with E-state index in [0.717, 1.165) is 37.0 Å². The molecule has 0 unspecified atom stereocenters. The summed E-state index contributed by atoms with van der Waals surface area (Å²) < 4.78 is 19.8. The van der Waals surface area contributed by atoms with Gasteiger partial charge in [-0.15, -0.1) is 0 Å². The maximum Gasteiger partial charge on any atom is 0.417 e. The quantitative estimate of drug-likeness (QED) is 0.802. The van der Waals surface area contributed by atoms with E-state index >= 15 is 0 Å². The van der Waals surface area contributed by atoms with E-state index in [0.29, 0.717) is 17.1 Å². The largest absolute Gasteiger partial charge is 0.417 e. The number of aliphatic imine (C=N–C) groups is 1. The molecule has 2 aliphatic rings. The highest BCUT2D eigenvalue weighted by Crippen LogP contribution is 2.51. The van der Waals surface area contributed by atoms with Crippen molar-refractivity contribution in [3.63, 3.8) is 0 Å². The van der Waals surface area contributed by atoms with Gasteiger partial charge >= 0.3 is 6.09 Å². The molecular formula is C20H19FN2O2. The first kappa shape index (κ1) is 15.8. The third-order valence-corrected chi connectivity index (χ3v) is 5.21. The Morgan fingerprint density at radius 2 is 1.92 bits per heavy atom. The van der Waals surface area contributed by atoms with E-state index < -0.39 is 11.9 Å². The Labute approximate surface area is 145 Å². The molecule has 0 aromatic heterocycles. The number of carbonyl (C=O) groups excluding carboxylic acids is 1. The maximum absolute atomic E-state index is 14.5. The summed E-state index contributed by atoms with van der Waals surface area (Å²) in [6.45, 7) is 1.97. The fourth-order valence-corrected chi connectivity index (χ4v) is 3.97. The number of fused-ring (bicyclic) bond motifs is 2. The fourth-order valence-electron chi connectivity index (χ4n) is 3.97. The second-order valence-corrected chi connectivity index (χ2v) is 6.67. The summed E-state index contributed by atoms with van der Waals surface area (Å²) in [7, 11) is 0. The number of nitrogens with one attached hydrogen (secondary N) is 1. The fraction of sp³-hybridized carbons (Fsp3) is 0.300. The van der Waals surface area contributed by atoms with Gasteiger partial charge in [0.2, 0.25) is 0 Å². The van der Waals surface area contributed by atoms with Gasteiger partial charge in [0.25, 0.3) is 0 Å². The van der Waals surface area contributed by atoms with Crippen LogP contribution in [0.5, 0.6) is 5.75 Å². The minimum Gasteiger partial charge on any atom is -0.410 e. The summed E-state index contributed by atoms with van der Waals surface area (Å²) in [6.07, 6.45) is 3.55. The van der Waals surface area contributed by atoms with Crippen molar-refractivity contribution < 1.29 is 13.9 Å². The van der Waals surface area contributed by atoms with E-state index in [4.69, 9.17) is 4.74 Å². The maximum atomic E-state index is 14.5. The molecule has 128 valence electrons. The van der Waals surface area contributed by atoms with Crippen LogP contribution in [0.1, 0.15) is 38.2 Å². The van der Waals surface area contributed by atoms with Gasteiger partial charge in [-0.2, -0.15) is 0 Å². The number of hydrogen-bond acceptors (Lipinski definition) is 3. The zero-order valence-corrected chi connectivity index (χ0v) is 14.0. The van der Waals surface area contributed by atoms with Crippen molar-refractivity contribution in [3.05, 3.63) is 53.8 Å². The van der Waals surface area contributed by atoms with Gasteiger partial charge in [-0.25, -0.2) is 9.18 Å². The third kappa shape index (κ3) is 2.69. The van der Waals surface area contributed by atoms with Gasteiger partial charge in [-0.3, -0.25) is 10.3 Å². The van der Waals surface area contributed by atoms with Crippen LogP contribution >= 0.6 is 0 Å². The number of rotatable bonds is 2. The molecule has 5 heteroatoms. The van der Waals surface area contributed by atoms with Crippen molar-refractivity contribution >= 4 is 23.2 Å². The van der Waals surface area contributed by atoms with Gasteiger partial charge in [0, 0.05) is 16.8 Å². The molecule has 1 fully saturated rings. The predicted octanol–water partition coefficient (Wildman–Crippen LogP) is 5.35. The molecule has 0 radical (unpaired) electrons. The van der Waals surface area contributed by atoms with Crippen molar-refractivity contribution in [3.8, 4) is 5.75 Å². The Morgan fingerprint density at radius 1 is 1.20 bits per heavy atom. The standard InChI is InChI=1S/C20H19FN2O2/c1-13-20(9-5-6-10-20)16-11-14(12-17(21)18(16)22-13)23-19(24)25-15-7-3-2-4-8-15/h2-4,7-8,11-12H,5-6,9-10H2,1H3,(H,23,24). The highest BCUT2D eigenvalue weighted by atomic mass is 19.1. The van der Waals surface area contributed by atoms with Crippen LogP contribution in [0.2, 0.25) is 0 Å². The van der Waals surface area contributed by atoms with Gasteiger partial charge in [0.1, 0.15) is 11.4 Å². The molecule has 1 aliphatic heterocycles. The van der Waals surface area contributed by atoms with Crippen LogP contribution in [0.3, 0.4) is 0 Å². The van der Waals surface area contributed by atoms with Crippen LogP contribution in [-0.4, -0.2) is 11.8 Å². The smallest absolute Gasteiger partial charge is 0.410 e. The SMILES string of the molecule is CC1=Nc2c(F)cc(NC(=O)Oc3ccccc3)cc2C12CCCC2. The van der Waals surface area contributed by atoms with E-state index in [-0.39, 0.29) is 5.41 Å². The molecular weight excluding hydrogens is 319 g/mol. The molecule has 1 aliphatic carbocycles. The summed E-state index contributed by atoms with van der Waals surface area (Å²) in [5.41, 5.74) is 2.51. The number of benzene rings is 2. The summed E-state index contributed by atoms with van der Waals surface area (Å²) in [6, 6.07) is 11.9. The van der Waals surface area contributed by atoms with Gasteiger partial charge < -0.3 is 4.74 Å². The van der Waals surface area contributed by atoms with E-state index in [9.17, 15) is 9.18 Å². The Kier molecular flexibility index (Phi) is 3.79. The first-order valence-electron chi connectivity index (χ1n) is 8.52. The average Bonchev–Trinajstić information content (AvgIpc) is 3.18. The molecule has 1 N–H and O–H groups in total. The van der Waals surface area contributed by atoms with Gasteiger partial charge in [-0.05, 0) is 49.6 Å². The van der Waals surface area contributed by atoms with Crippen molar-refractivity contribution in [1.82, 2.24) is 0 Å². The second kappa shape index (κ2) is 5.99. The lowest BCUT2D eigenvalue weighted by Gasteiger charge is -2.25. The molecule has 0 atom stereocenters. The number of anilines is 1. The number of para-hydroxylation sites is 1. The summed E-state index contributed by atoms with van der Waals surface area (Å²) in [5, 5.41) is 2.63. The van der Waals surface area contributed by atoms with E-state index in [2.05, 4.69) is 10.3 Å². The highest BCUT2D eigenvalue weighted by Gasteiger charge is 2.44. The predicted molar refractivity (Wildman–Crippen MR) is 95.4 cm³/mol. The van der Waals surface area contributed by atoms with Crippen molar-refractivity contribution in [2.24, 2.45) is 4.99 Å². The highest BCUT2D eigenvalue weighted by molar-refractivity contribution is 6.01. The van der Waals surface area contributed by atoms with Crippen molar-refractivity contribution in [2.75, 3.05) is 5.32 Å². The summed E-state index contributed by atoms with van der Waals surface area (Å²) in [4.78, 5) is 16.6. The van der Waals surface area contributed by atoms with Gasteiger partial charge in [-0.1, -0.05) is 31.0 Å². The number of ether oxygens (including phenoxy) is 1. The molecule has 4 rings (SSSR count). The van der Waals surface area contributed by atoms with Crippen LogP contribution in [-0.2, 0) is 5.41 Å². The number of halogens is 1. The molecule has 1 amide bonds. The second-order valence-electron chi connectivity index (χ2n) is 6.67. The molecule has 25 heavy (non-hydrogen) atoms. The van der Waals surface area contributed by atoms with Crippen LogP contribution in [0.15, 0.2) is 47.5 Å². The molecule has 1 spiro atoms. The lowest BCUT2D eigenvalue weighted by atomic mass is 9.76. The monoisotopic (exact) mass is 338 g/mol. The van der Waals surface area contributed by atoms with E-state index in [1.165, 1.54) is 6.07 Å². The summed E-state index contributed by atoms with van der Waals surface area (Å²) >= 11 is 0. The number of nitrogens with zero attached hydrogens (tertiary/aromatic N) is 1. The Hall–Kier alpha value is -2.69. The van der Waals surface area contributed by atoms with Crippen LogP contribution < -0.4 is 10.1 Å². The summed E-state index contributed by atoms with van der Waals surface area (Å²) in [5.74, 6) is 0.0312. The third-order valence-electron chi connectivity index (χ3n) is 5.21. The molecule has 4 nitrogen and oxygen atoms in total. The lowest BCUT2D eigenvalue weighted by Crippen LogP contribution is -2.27.